The molecule has 1 aliphatic heterocycles. The lowest BCUT2D eigenvalue weighted by atomic mass is 9.97. The molecule has 6 nitrogen and oxygen atoms in total. The van der Waals surface area contributed by atoms with E-state index in [1.807, 2.05) is 7.05 Å². The Hall–Kier alpha value is -1.30. The van der Waals surface area contributed by atoms with Gasteiger partial charge in [-0.15, -0.1) is 0 Å². The fourth-order valence-corrected chi connectivity index (χ4v) is 1.74. The highest BCUT2D eigenvalue weighted by molar-refractivity contribution is 5.75. The molecule has 0 aromatic rings. The number of hydrogen-bond acceptors (Lipinski definition) is 3. The van der Waals surface area contributed by atoms with Crippen molar-refractivity contribution in [2.45, 2.75) is 13.3 Å². The predicted molar refractivity (Wildman–Crippen MR) is 63.9 cm³/mol. The number of nitrogens with one attached hydrogen (secondary N) is 1. The highest BCUT2D eigenvalue weighted by Gasteiger charge is 2.31. The zero-order chi connectivity index (χ0) is 12.8. The lowest BCUT2D eigenvalue weighted by Gasteiger charge is -2.38. The summed E-state index contributed by atoms with van der Waals surface area (Å²) in [5.74, 6) is -0.670. The number of amides is 2. The molecule has 6 heteroatoms. The van der Waals surface area contributed by atoms with Crippen molar-refractivity contribution in [2.24, 2.45) is 5.92 Å². The number of nitrogens with zero attached hydrogens (tertiary/aromatic N) is 2. The number of urea groups is 1. The molecule has 17 heavy (non-hydrogen) atoms. The van der Waals surface area contributed by atoms with Crippen molar-refractivity contribution in [1.29, 1.82) is 0 Å². The van der Waals surface area contributed by atoms with Gasteiger partial charge in [-0.05, 0) is 13.6 Å². The van der Waals surface area contributed by atoms with E-state index in [2.05, 4.69) is 17.1 Å². The summed E-state index contributed by atoms with van der Waals surface area (Å²) in [6.45, 7) is 5.59. The highest BCUT2D eigenvalue weighted by Crippen LogP contribution is 2.18. The van der Waals surface area contributed by atoms with E-state index in [0.29, 0.717) is 19.6 Å². The molecule has 0 radical (unpaired) electrons. The molecule has 0 saturated carbocycles. The van der Waals surface area contributed by atoms with E-state index in [0.717, 1.165) is 13.1 Å². The van der Waals surface area contributed by atoms with Gasteiger partial charge in [0.1, 0.15) is 0 Å². The standard InChI is InChI=1S/C11H21N3O3/c1-3-13(2)5-4-12-11(17)14-7-9(8-14)6-10(15)16/h9H,3-8H2,1-2H3,(H,12,17)(H,15,16). The molecule has 1 rings (SSSR count). The van der Waals surface area contributed by atoms with Crippen LogP contribution in [0.3, 0.4) is 0 Å². The first-order valence-electron chi connectivity index (χ1n) is 5.96. The van der Waals surface area contributed by atoms with Gasteiger partial charge >= 0.3 is 12.0 Å². The van der Waals surface area contributed by atoms with Crippen molar-refractivity contribution in [1.82, 2.24) is 15.1 Å². The summed E-state index contributed by atoms with van der Waals surface area (Å²) in [6.07, 6.45) is 0.155. The fraction of sp³-hybridized carbons (Fsp3) is 0.818. The summed E-state index contributed by atoms with van der Waals surface area (Å²) in [6, 6.07) is -0.0869. The lowest BCUT2D eigenvalue weighted by Crippen LogP contribution is -2.54. The number of aliphatic carboxylic acids is 1. The van der Waals surface area contributed by atoms with Crippen molar-refractivity contribution in [3.8, 4) is 0 Å². The molecule has 1 aliphatic rings. The second kappa shape index (κ2) is 6.44. The molecule has 0 spiro atoms. The number of rotatable bonds is 6. The molecule has 1 fully saturated rings. The Labute approximate surface area is 102 Å². The van der Waals surface area contributed by atoms with E-state index in [1.165, 1.54) is 0 Å². The third-order valence-corrected chi connectivity index (χ3v) is 3.02. The van der Waals surface area contributed by atoms with Crippen LogP contribution in [0.4, 0.5) is 4.79 Å². The third kappa shape index (κ3) is 4.60. The van der Waals surface area contributed by atoms with Crippen LogP contribution in [0, 0.1) is 5.92 Å². The number of hydrogen-bond donors (Lipinski definition) is 2. The van der Waals surface area contributed by atoms with Crippen LogP contribution in [0.2, 0.25) is 0 Å². The maximum atomic E-state index is 11.6. The topological polar surface area (TPSA) is 72.9 Å². The lowest BCUT2D eigenvalue weighted by molar-refractivity contribution is -0.139. The summed E-state index contributed by atoms with van der Waals surface area (Å²) in [7, 11) is 2.00. The van der Waals surface area contributed by atoms with Gasteiger partial charge in [0.15, 0.2) is 0 Å². The molecule has 98 valence electrons. The largest absolute Gasteiger partial charge is 0.481 e. The van der Waals surface area contributed by atoms with Gasteiger partial charge in [0, 0.05) is 32.1 Å². The molecule has 0 unspecified atom stereocenters. The number of carboxylic acid groups (broad SMARTS) is 1. The van der Waals surface area contributed by atoms with Gasteiger partial charge < -0.3 is 20.2 Å². The smallest absolute Gasteiger partial charge is 0.317 e. The Morgan fingerprint density at radius 1 is 1.47 bits per heavy atom. The molecule has 1 saturated heterocycles. The van der Waals surface area contributed by atoms with Crippen molar-refractivity contribution in [3.63, 3.8) is 0 Å². The van der Waals surface area contributed by atoms with Crippen LogP contribution in [0.25, 0.3) is 0 Å². The minimum Gasteiger partial charge on any atom is -0.481 e. The maximum absolute atomic E-state index is 11.6. The molecule has 0 atom stereocenters. The zero-order valence-electron chi connectivity index (χ0n) is 10.5. The fourth-order valence-electron chi connectivity index (χ4n) is 1.74. The quantitative estimate of drug-likeness (QED) is 0.691. The number of likely N-dealkylation sites (N-methyl/N-ethyl adjacent to an activating group) is 1. The van der Waals surface area contributed by atoms with E-state index in [4.69, 9.17) is 5.11 Å². The zero-order valence-corrected chi connectivity index (χ0v) is 10.5. The molecular weight excluding hydrogens is 222 g/mol. The summed E-state index contributed by atoms with van der Waals surface area (Å²) >= 11 is 0. The van der Waals surface area contributed by atoms with Crippen LogP contribution in [-0.2, 0) is 4.79 Å². The first-order valence-corrected chi connectivity index (χ1v) is 5.96. The summed E-state index contributed by atoms with van der Waals surface area (Å²) < 4.78 is 0. The van der Waals surface area contributed by atoms with Crippen LogP contribution >= 0.6 is 0 Å². The minimum absolute atomic E-state index is 0.0869. The molecule has 0 aromatic carbocycles. The maximum Gasteiger partial charge on any atom is 0.317 e. The third-order valence-electron chi connectivity index (χ3n) is 3.02. The Bertz CT molecular complexity index is 277. The summed E-state index contributed by atoms with van der Waals surface area (Å²) in [5.41, 5.74) is 0. The minimum atomic E-state index is -0.792. The van der Waals surface area contributed by atoms with Gasteiger partial charge in [0.05, 0.1) is 6.42 Å². The van der Waals surface area contributed by atoms with Crippen LogP contribution in [0.15, 0.2) is 0 Å². The van der Waals surface area contributed by atoms with E-state index in [-0.39, 0.29) is 18.4 Å². The first kappa shape index (κ1) is 13.8. The second-order valence-corrected chi connectivity index (χ2v) is 4.50. The number of carboxylic acids is 1. The molecule has 2 amide bonds. The van der Waals surface area contributed by atoms with Crippen LogP contribution in [0.5, 0.6) is 0 Å². The molecule has 0 bridgehead atoms. The Morgan fingerprint density at radius 2 is 2.12 bits per heavy atom. The van der Waals surface area contributed by atoms with Gasteiger partial charge in [0.25, 0.3) is 0 Å². The number of carbonyl (C=O) groups is 2. The second-order valence-electron chi connectivity index (χ2n) is 4.50. The Morgan fingerprint density at radius 3 is 2.65 bits per heavy atom. The van der Waals surface area contributed by atoms with Crippen LogP contribution in [-0.4, -0.2) is 66.7 Å². The Balaban J connectivity index is 2.09. The van der Waals surface area contributed by atoms with E-state index in [1.54, 1.807) is 4.90 Å². The predicted octanol–water partition coefficient (Wildman–Crippen LogP) is 0.0542. The first-order chi connectivity index (χ1) is 8.02. The Kier molecular flexibility index (Phi) is 5.21. The number of likely N-dealkylation sites (tertiary alicyclic amines) is 1. The van der Waals surface area contributed by atoms with Crippen molar-refractivity contribution in [3.05, 3.63) is 0 Å². The normalized spacial score (nSPS) is 15.8. The van der Waals surface area contributed by atoms with Crippen molar-refractivity contribution < 1.29 is 14.7 Å². The highest BCUT2D eigenvalue weighted by atomic mass is 16.4. The monoisotopic (exact) mass is 243 g/mol. The molecular formula is C11H21N3O3. The molecule has 0 aromatic heterocycles. The molecule has 0 aliphatic carbocycles. The van der Waals surface area contributed by atoms with E-state index < -0.39 is 5.97 Å². The number of carbonyl (C=O) groups excluding carboxylic acids is 1. The van der Waals surface area contributed by atoms with Crippen molar-refractivity contribution >= 4 is 12.0 Å². The van der Waals surface area contributed by atoms with Crippen molar-refractivity contribution in [2.75, 3.05) is 39.8 Å². The molecule has 2 N–H and O–H groups in total. The van der Waals surface area contributed by atoms with Gasteiger partial charge in [-0.3, -0.25) is 4.79 Å². The van der Waals surface area contributed by atoms with Gasteiger partial charge in [-0.2, -0.15) is 0 Å². The summed E-state index contributed by atoms with van der Waals surface area (Å²) in [4.78, 5) is 25.8. The average Bonchev–Trinajstić information content (AvgIpc) is 2.21. The van der Waals surface area contributed by atoms with E-state index >= 15 is 0 Å². The van der Waals surface area contributed by atoms with Gasteiger partial charge in [0.2, 0.25) is 0 Å². The van der Waals surface area contributed by atoms with Crippen LogP contribution in [0.1, 0.15) is 13.3 Å². The summed E-state index contributed by atoms with van der Waals surface area (Å²) in [5, 5.41) is 11.4. The SMILES string of the molecule is CCN(C)CCNC(=O)N1CC(CC(=O)O)C1. The van der Waals surface area contributed by atoms with Crippen LogP contribution < -0.4 is 5.32 Å². The van der Waals surface area contributed by atoms with Gasteiger partial charge in [-0.25, -0.2) is 4.79 Å². The van der Waals surface area contributed by atoms with E-state index in [9.17, 15) is 9.59 Å². The van der Waals surface area contributed by atoms with Gasteiger partial charge in [-0.1, -0.05) is 6.92 Å². The average molecular weight is 243 g/mol. The molecule has 1 heterocycles.